The van der Waals surface area contributed by atoms with Crippen LogP contribution in [-0.4, -0.2) is 17.9 Å². The molecule has 0 spiro atoms. The lowest BCUT2D eigenvalue weighted by molar-refractivity contribution is 0.103. The molecule has 0 unspecified atom stereocenters. The summed E-state index contributed by atoms with van der Waals surface area (Å²) < 4.78 is 18.4. The van der Waals surface area contributed by atoms with E-state index in [0.717, 1.165) is 11.1 Å². The summed E-state index contributed by atoms with van der Waals surface area (Å²) in [4.78, 5) is 16.5. The monoisotopic (exact) mass is 259 g/mol. The predicted octanol–water partition coefficient (Wildman–Crippen LogP) is 3.08. The van der Waals surface area contributed by atoms with Gasteiger partial charge in [0.05, 0.1) is 12.7 Å². The molecule has 0 saturated heterocycles. The molecule has 1 aromatic heterocycles. The van der Waals surface area contributed by atoms with Gasteiger partial charge in [-0.25, -0.2) is 4.39 Å². The zero-order valence-corrected chi connectivity index (χ0v) is 11.0. The smallest absolute Gasteiger partial charge is 0.215 e. The number of pyridine rings is 1. The molecule has 0 aliphatic carbocycles. The number of carbonyl (C=O) groups excluding carboxylic acids is 1. The molecule has 0 radical (unpaired) electrons. The average Bonchev–Trinajstić information content (AvgIpc) is 2.38. The number of halogens is 1. The highest BCUT2D eigenvalue weighted by molar-refractivity contribution is 6.10. The summed E-state index contributed by atoms with van der Waals surface area (Å²) in [6.07, 6.45) is 1.62. The van der Waals surface area contributed by atoms with Crippen molar-refractivity contribution in [2.45, 2.75) is 13.8 Å². The molecule has 0 bridgehead atoms. The molecule has 1 heterocycles. The highest BCUT2D eigenvalue weighted by Gasteiger charge is 2.18. The summed E-state index contributed by atoms with van der Waals surface area (Å²) in [6.45, 7) is 3.70. The number of hydrogen-bond acceptors (Lipinski definition) is 3. The van der Waals surface area contributed by atoms with Crippen molar-refractivity contribution in [3.63, 3.8) is 0 Å². The van der Waals surface area contributed by atoms with Crippen LogP contribution in [0.1, 0.15) is 27.2 Å². The van der Waals surface area contributed by atoms with E-state index in [0.29, 0.717) is 11.4 Å². The van der Waals surface area contributed by atoms with E-state index in [-0.39, 0.29) is 11.3 Å². The third-order valence-electron chi connectivity index (χ3n) is 2.84. The van der Waals surface area contributed by atoms with Gasteiger partial charge in [-0.3, -0.25) is 9.78 Å². The van der Waals surface area contributed by atoms with Gasteiger partial charge < -0.3 is 4.74 Å². The number of aryl methyl sites for hydroxylation is 2. The third kappa shape index (κ3) is 2.62. The summed E-state index contributed by atoms with van der Waals surface area (Å²) >= 11 is 0. The van der Waals surface area contributed by atoms with Crippen LogP contribution in [0.5, 0.6) is 5.75 Å². The first-order valence-electron chi connectivity index (χ1n) is 5.84. The lowest BCUT2D eigenvalue weighted by atomic mass is 10.0. The molecule has 3 nitrogen and oxygen atoms in total. The molecule has 0 saturated carbocycles. The lowest BCUT2D eigenvalue weighted by Crippen LogP contribution is -2.09. The van der Waals surface area contributed by atoms with Gasteiger partial charge in [0.15, 0.2) is 0 Å². The van der Waals surface area contributed by atoms with E-state index in [9.17, 15) is 9.18 Å². The van der Waals surface area contributed by atoms with E-state index in [1.165, 1.54) is 25.3 Å². The Morgan fingerprint density at radius 3 is 2.63 bits per heavy atom. The molecule has 1 aromatic carbocycles. The second-order valence-corrected chi connectivity index (χ2v) is 4.35. The third-order valence-corrected chi connectivity index (χ3v) is 2.84. The molecule has 98 valence electrons. The first kappa shape index (κ1) is 13.2. The van der Waals surface area contributed by atoms with Crippen molar-refractivity contribution in [2.24, 2.45) is 0 Å². The molecule has 0 fully saturated rings. The fraction of sp³-hybridized carbons (Fsp3) is 0.200. The van der Waals surface area contributed by atoms with Crippen molar-refractivity contribution < 1.29 is 13.9 Å². The fourth-order valence-electron chi connectivity index (χ4n) is 1.94. The molecule has 0 atom stereocenters. The number of carbonyl (C=O) groups is 1. The van der Waals surface area contributed by atoms with Gasteiger partial charge in [-0.2, -0.15) is 0 Å². The maximum atomic E-state index is 13.3. The largest absolute Gasteiger partial charge is 0.496 e. The van der Waals surface area contributed by atoms with Crippen LogP contribution in [0.2, 0.25) is 0 Å². The molecular formula is C15H14FNO2. The molecule has 0 aliphatic heterocycles. The molecule has 19 heavy (non-hydrogen) atoms. The summed E-state index contributed by atoms with van der Waals surface area (Å²) in [5.74, 6) is -0.476. The van der Waals surface area contributed by atoms with Crippen LogP contribution in [0.3, 0.4) is 0 Å². The maximum Gasteiger partial charge on any atom is 0.215 e. The van der Waals surface area contributed by atoms with Gasteiger partial charge in [-0.1, -0.05) is 6.07 Å². The second-order valence-electron chi connectivity index (χ2n) is 4.35. The minimum Gasteiger partial charge on any atom is -0.496 e. The minimum absolute atomic E-state index is 0.182. The molecule has 0 aliphatic rings. The van der Waals surface area contributed by atoms with Crippen molar-refractivity contribution in [3.05, 3.63) is 58.7 Å². The number of rotatable bonds is 3. The maximum absolute atomic E-state index is 13.3. The quantitative estimate of drug-likeness (QED) is 0.795. The first-order chi connectivity index (χ1) is 9.02. The summed E-state index contributed by atoms with van der Waals surface area (Å²) in [5, 5.41) is 0. The van der Waals surface area contributed by atoms with Crippen LogP contribution >= 0.6 is 0 Å². The molecule has 0 N–H and O–H groups in total. The average molecular weight is 259 g/mol. The normalized spacial score (nSPS) is 10.3. The Morgan fingerprint density at radius 1 is 1.26 bits per heavy atom. The van der Waals surface area contributed by atoms with Crippen LogP contribution in [0.4, 0.5) is 4.39 Å². The number of ether oxygens (including phenoxy) is 1. The van der Waals surface area contributed by atoms with Gasteiger partial charge in [0, 0.05) is 6.20 Å². The summed E-state index contributed by atoms with van der Waals surface area (Å²) in [5.41, 5.74) is 2.23. The van der Waals surface area contributed by atoms with Crippen molar-refractivity contribution >= 4 is 5.78 Å². The van der Waals surface area contributed by atoms with Gasteiger partial charge >= 0.3 is 0 Å². The minimum atomic E-state index is -0.478. The number of methoxy groups -OCH3 is 1. The van der Waals surface area contributed by atoms with Crippen molar-refractivity contribution in [3.8, 4) is 5.75 Å². The van der Waals surface area contributed by atoms with E-state index >= 15 is 0 Å². The molecule has 2 aromatic rings. The van der Waals surface area contributed by atoms with E-state index in [1.807, 2.05) is 13.0 Å². The first-order valence-corrected chi connectivity index (χ1v) is 5.84. The Morgan fingerprint density at radius 2 is 2.00 bits per heavy atom. The van der Waals surface area contributed by atoms with E-state index in [2.05, 4.69) is 4.98 Å². The van der Waals surface area contributed by atoms with Crippen LogP contribution < -0.4 is 4.74 Å². The number of nitrogens with zero attached hydrogens (tertiary/aromatic N) is 1. The van der Waals surface area contributed by atoms with E-state index < -0.39 is 5.82 Å². The van der Waals surface area contributed by atoms with Gasteiger partial charge in [-0.05, 0) is 43.2 Å². The SMILES string of the molecule is COc1ccc(F)cc1C(=O)c1ncc(C)cc1C. The Bertz CT molecular complexity index is 638. The zero-order valence-electron chi connectivity index (χ0n) is 11.0. The molecule has 0 amide bonds. The Kier molecular flexibility index (Phi) is 3.60. The highest BCUT2D eigenvalue weighted by atomic mass is 19.1. The number of hydrogen-bond donors (Lipinski definition) is 0. The van der Waals surface area contributed by atoms with Gasteiger partial charge in [0.25, 0.3) is 0 Å². The van der Waals surface area contributed by atoms with E-state index in [1.54, 1.807) is 13.1 Å². The predicted molar refractivity (Wildman–Crippen MR) is 70.1 cm³/mol. The van der Waals surface area contributed by atoms with Crippen molar-refractivity contribution in [2.75, 3.05) is 7.11 Å². The number of ketones is 1. The Hall–Kier alpha value is -2.23. The lowest BCUT2D eigenvalue weighted by Gasteiger charge is -2.09. The van der Waals surface area contributed by atoms with Gasteiger partial charge in [-0.15, -0.1) is 0 Å². The van der Waals surface area contributed by atoms with Gasteiger partial charge in [0.2, 0.25) is 5.78 Å². The number of benzene rings is 1. The van der Waals surface area contributed by atoms with E-state index in [4.69, 9.17) is 4.74 Å². The van der Waals surface area contributed by atoms with Crippen LogP contribution in [0.25, 0.3) is 0 Å². The van der Waals surface area contributed by atoms with Crippen LogP contribution in [0, 0.1) is 19.7 Å². The van der Waals surface area contributed by atoms with Crippen molar-refractivity contribution in [1.29, 1.82) is 0 Å². The topological polar surface area (TPSA) is 39.2 Å². The standard InChI is InChI=1S/C15H14FNO2/c1-9-6-10(2)14(17-8-9)15(18)12-7-11(16)4-5-13(12)19-3/h4-8H,1-3H3. The van der Waals surface area contributed by atoms with Crippen LogP contribution in [-0.2, 0) is 0 Å². The summed E-state index contributed by atoms with van der Waals surface area (Å²) in [7, 11) is 1.44. The van der Waals surface area contributed by atoms with Crippen LogP contribution in [0.15, 0.2) is 30.5 Å². The number of aromatic nitrogens is 1. The molecule has 2 rings (SSSR count). The second kappa shape index (κ2) is 5.18. The zero-order chi connectivity index (χ0) is 14.0. The fourth-order valence-corrected chi connectivity index (χ4v) is 1.94. The highest BCUT2D eigenvalue weighted by Crippen LogP contribution is 2.23. The molecule has 4 heteroatoms. The molecular weight excluding hydrogens is 245 g/mol. The van der Waals surface area contributed by atoms with Gasteiger partial charge in [0.1, 0.15) is 17.3 Å². The Labute approximate surface area is 111 Å². The summed E-state index contributed by atoms with van der Waals surface area (Å²) in [6, 6.07) is 5.73. The van der Waals surface area contributed by atoms with Crippen molar-refractivity contribution in [1.82, 2.24) is 4.98 Å². The Balaban J connectivity index is 2.52.